The first-order valence-electron chi connectivity index (χ1n) is 5.33. The molecule has 2 aromatic rings. The van der Waals surface area contributed by atoms with Crippen LogP contribution in [-0.2, 0) is 0 Å². The minimum Gasteiger partial charge on any atom is -0.519 e. The highest BCUT2D eigenvalue weighted by atomic mass is 19.2. The third kappa shape index (κ3) is 1.81. The molecule has 1 aliphatic heterocycles. The Bertz CT molecular complexity index is 662. The number of halogens is 4. The van der Waals surface area contributed by atoms with Crippen molar-refractivity contribution >= 4 is 12.6 Å². The highest BCUT2D eigenvalue weighted by Crippen LogP contribution is 2.35. The number of hydrogen-bond acceptors (Lipinski definition) is 2. The fraction of sp³-hybridized carbons (Fsp3) is 0. The number of benzene rings is 2. The lowest BCUT2D eigenvalue weighted by molar-refractivity contribution is 0.445. The Morgan fingerprint density at radius 2 is 1.58 bits per heavy atom. The second kappa shape index (κ2) is 4.19. The number of rotatable bonds is 1. The van der Waals surface area contributed by atoms with E-state index in [0.29, 0.717) is 0 Å². The molecule has 0 bridgehead atoms. The van der Waals surface area contributed by atoms with Crippen LogP contribution < -0.4 is 14.8 Å². The summed E-state index contributed by atoms with van der Waals surface area (Å²) in [6.07, 6.45) is 0. The van der Waals surface area contributed by atoms with Crippen molar-refractivity contribution in [2.24, 2.45) is 0 Å². The summed E-state index contributed by atoms with van der Waals surface area (Å²) in [5, 5.41) is 0. The summed E-state index contributed by atoms with van der Waals surface area (Å²) in [6, 6.07) is 5.70. The molecular formula is C12H5BF4O2. The fourth-order valence-electron chi connectivity index (χ4n) is 1.79. The van der Waals surface area contributed by atoms with Crippen LogP contribution in [0.2, 0.25) is 0 Å². The lowest BCUT2D eigenvalue weighted by Gasteiger charge is -2.06. The summed E-state index contributed by atoms with van der Waals surface area (Å²) in [7, 11) is -1.35. The lowest BCUT2D eigenvalue weighted by atomic mass is 9.79. The Hall–Kier alpha value is -2.18. The molecule has 0 aliphatic carbocycles. The van der Waals surface area contributed by atoms with Gasteiger partial charge in [0, 0.05) is 0 Å². The topological polar surface area (TPSA) is 18.5 Å². The zero-order chi connectivity index (χ0) is 13.6. The van der Waals surface area contributed by atoms with Crippen molar-refractivity contribution in [3.05, 3.63) is 53.6 Å². The third-order valence-electron chi connectivity index (χ3n) is 2.71. The summed E-state index contributed by atoms with van der Waals surface area (Å²) in [5.74, 6) is -5.14. The Kier molecular flexibility index (Phi) is 2.62. The molecule has 0 spiro atoms. The van der Waals surface area contributed by atoms with Crippen LogP contribution in [0, 0.1) is 23.3 Å². The summed E-state index contributed by atoms with van der Waals surface area (Å²) >= 11 is 0. The van der Waals surface area contributed by atoms with Gasteiger partial charge in [-0.3, -0.25) is 0 Å². The standard InChI is InChI=1S/C12H5BF4O2/c14-7-5-4-6(10(16)11(7)17)13-18-9-3-1-2-8(15)12(9)19-13/h1-5H. The monoisotopic (exact) mass is 268 g/mol. The lowest BCUT2D eigenvalue weighted by Crippen LogP contribution is -2.41. The van der Waals surface area contributed by atoms with Crippen LogP contribution in [0.15, 0.2) is 30.3 Å². The molecule has 2 nitrogen and oxygen atoms in total. The van der Waals surface area contributed by atoms with Gasteiger partial charge in [0.15, 0.2) is 29.0 Å². The maximum atomic E-state index is 13.6. The van der Waals surface area contributed by atoms with E-state index in [1.54, 1.807) is 0 Å². The average molecular weight is 268 g/mol. The van der Waals surface area contributed by atoms with Gasteiger partial charge in [-0.1, -0.05) is 12.1 Å². The van der Waals surface area contributed by atoms with Gasteiger partial charge in [0.1, 0.15) is 5.75 Å². The van der Waals surface area contributed by atoms with Crippen molar-refractivity contribution < 1.29 is 26.9 Å². The molecule has 1 aliphatic rings. The first-order chi connectivity index (χ1) is 9.08. The number of hydrogen-bond donors (Lipinski definition) is 0. The first-order valence-corrected chi connectivity index (χ1v) is 5.33. The number of fused-ring (bicyclic) bond motifs is 1. The minimum atomic E-state index is -1.62. The van der Waals surface area contributed by atoms with Gasteiger partial charge in [0.25, 0.3) is 0 Å². The molecule has 0 amide bonds. The Labute approximate surface area is 105 Å². The first kappa shape index (κ1) is 11.9. The molecule has 0 saturated heterocycles. The molecule has 0 saturated carbocycles. The molecule has 3 rings (SSSR count). The van der Waals surface area contributed by atoms with Gasteiger partial charge < -0.3 is 9.31 Å². The predicted molar refractivity (Wildman–Crippen MR) is 59.4 cm³/mol. The molecule has 1 heterocycles. The molecular weight excluding hydrogens is 263 g/mol. The highest BCUT2D eigenvalue weighted by molar-refractivity contribution is 6.63. The normalized spacial score (nSPS) is 12.9. The van der Waals surface area contributed by atoms with Crippen LogP contribution in [0.3, 0.4) is 0 Å². The summed E-state index contributed by atoms with van der Waals surface area (Å²) in [5.41, 5.74) is -0.338. The highest BCUT2D eigenvalue weighted by Gasteiger charge is 2.39. The van der Waals surface area contributed by atoms with E-state index in [4.69, 9.17) is 9.31 Å². The second-order valence-corrected chi connectivity index (χ2v) is 3.90. The van der Waals surface area contributed by atoms with Gasteiger partial charge in [-0.15, -0.1) is 0 Å². The van der Waals surface area contributed by atoms with E-state index >= 15 is 0 Å². The zero-order valence-corrected chi connectivity index (χ0v) is 9.29. The van der Waals surface area contributed by atoms with Crippen LogP contribution in [0.25, 0.3) is 0 Å². The largest absolute Gasteiger partial charge is 0.636 e. The quantitative estimate of drug-likeness (QED) is 0.449. The van der Waals surface area contributed by atoms with E-state index in [9.17, 15) is 17.6 Å². The van der Waals surface area contributed by atoms with Gasteiger partial charge in [-0.05, 0) is 18.2 Å². The SMILES string of the molecule is Fc1ccc(B2Oc3cccc(F)c3O2)c(F)c1F. The van der Waals surface area contributed by atoms with Gasteiger partial charge in [-0.25, -0.2) is 17.6 Å². The molecule has 0 atom stereocenters. The minimum absolute atomic E-state index is 0.0779. The number of para-hydroxylation sites is 1. The van der Waals surface area contributed by atoms with Crippen molar-refractivity contribution in [2.75, 3.05) is 0 Å². The Morgan fingerprint density at radius 3 is 2.32 bits per heavy atom. The van der Waals surface area contributed by atoms with Crippen LogP contribution in [0.1, 0.15) is 0 Å². The van der Waals surface area contributed by atoms with Crippen molar-refractivity contribution in [3.8, 4) is 11.5 Å². The maximum Gasteiger partial charge on any atom is 0.636 e. The molecule has 0 aromatic heterocycles. The fourth-order valence-corrected chi connectivity index (χ4v) is 1.79. The molecule has 7 heteroatoms. The van der Waals surface area contributed by atoms with Gasteiger partial charge in [0.05, 0.1) is 5.46 Å². The zero-order valence-electron chi connectivity index (χ0n) is 9.29. The van der Waals surface area contributed by atoms with Crippen molar-refractivity contribution in [2.45, 2.75) is 0 Å². The molecule has 0 radical (unpaired) electrons. The summed E-state index contributed by atoms with van der Waals surface area (Å²) < 4.78 is 63.1. The van der Waals surface area contributed by atoms with Crippen LogP contribution >= 0.6 is 0 Å². The van der Waals surface area contributed by atoms with Gasteiger partial charge >= 0.3 is 7.12 Å². The van der Waals surface area contributed by atoms with E-state index in [2.05, 4.69) is 0 Å². The predicted octanol–water partition coefficient (Wildman–Crippen LogP) is 2.41. The Balaban J connectivity index is 2.00. The van der Waals surface area contributed by atoms with Gasteiger partial charge in [-0.2, -0.15) is 0 Å². The average Bonchev–Trinajstić information content (AvgIpc) is 2.81. The summed E-state index contributed by atoms with van der Waals surface area (Å²) in [4.78, 5) is 0. The Morgan fingerprint density at radius 1 is 0.789 bits per heavy atom. The molecule has 19 heavy (non-hydrogen) atoms. The molecule has 0 unspecified atom stereocenters. The summed E-state index contributed by atoms with van der Waals surface area (Å²) in [6.45, 7) is 0. The van der Waals surface area contributed by atoms with Crippen molar-refractivity contribution in [3.63, 3.8) is 0 Å². The van der Waals surface area contributed by atoms with E-state index in [1.165, 1.54) is 12.1 Å². The molecule has 0 N–H and O–H groups in total. The van der Waals surface area contributed by atoms with Crippen LogP contribution in [0.5, 0.6) is 11.5 Å². The van der Waals surface area contributed by atoms with E-state index in [0.717, 1.165) is 18.2 Å². The molecule has 0 fully saturated rings. The van der Waals surface area contributed by atoms with Crippen LogP contribution in [0.4, 0.5) is 17.6 Å². The van der Waals surface area contributed by atoms with E-state index in [-0.39, 0.29) is 17.0 Å². The van der Waals surface area contributed by atoms with E-state index < -0.39 is 30.4 Å². The van der Waals surface area contributed by atoms with Crippen LogP contribution in [-0.4, -0.2) is 7.12 Å². The molecule has 2 aromatic carbocycles. The maximum absolute atomic E-state index is 13.6. The van der Waals surface area contributed by atoms with E-state index in [1.807, 2.05) is 0 Å². The molecule has 96 valence electrons. The smallest absolute Gasteiger partial charge is 0.519 e. The van der Waals surface area contributed by atoms with Gasteiger partial charge in [0.2, 0.25) is 0 Å². The van der Waals surface area contributed by atoms with Crippen molar-refractivity contribution in [1.29, 1.82) is 0 Å². The third-order valence-corrected chi connectivity index (χ3v) is 2.71. The van der Waals surface area contributed by atoms with Crippen molar-refractivity contribution in [1.82, 2.24) is 0 Å². The second-order valence-electron chi connectivity index (χ2n) is 3.90.